The van der Waals surface area contributed by atoms with Crippen molar-refractivity contribution in [3.63, 3.8) is 0 Å². The van der Waals surface area contributed by atoms with Crippen molar-refractivity contribution in [3.05, 3.63) is 52.5 Å². The number of halogens is 1. The fourth-order valence-corrected chi connectivity index (χ4v) is 2.06. The normalized spacial score (nSPS) is 11.9. The SMILES string of the molecule is CC(COc1cccc(F)c1)OC(=O)c1ccsc1. The summed E-state index contributed by atoms with van der Waals surface area (Å²) in [5.74, 6) is -0.324. The molecule has 0 aliphatic rings. The van der Waals surface area contributed by atoms with Gasteiger partial charge in [-0.25, -0.2) is 9.18 Å². The van der Waals surface area contributed by atoms with Crippen molar-refractivity contribution in [1.82, 2.24) is 0 Å². The van der Waals surface area contributed by atoms with Gasteiger partial charge in [0.15, 0.2) is 0 Å². The summed E-state index contributed by atoms with van der Waals surface area (Å²) in [4.78, 5) is 11.7. The Balaban J connectivity index is 1.82. The van der Waals surface area contributed by atoms with Crippen LogP contribution in [0.5, 0.6) is 5.75 Å². The third kappa shape index (κ3) is 4.06. The summed E-state index contributed by atoms with van der Waals surface area (Å²) >= 11 is 1.43. The standard InChI is InChI=1S/C14H13FO3S/c1-10(18-14(16)11-5-6-19-9-11)8-17-13-4-2-3-12(15)7-13/h2-7,9-10H,8H2,1H3. The predicted octanol–water partition coefficient (Wildman–Crippen LogP) is 3.51. The summed E-state index contributed by atoms with van der Waals surface area (Å²) in [5, 5.41) is 3.53. The molecule has 1 aromatic heterocycles. The molecule has 0 spiro atoms. The lowest BCUT2D eigenvalue weighted by molar-refractivity contribution is 0.0229. The van der Waals surface area contributed by atoms with Crippen molar-refractivity contribution < 1.29 is 18.7 Å². The smallest absolute Gasteiger partial charge is 0.339 e. The topological polar surface area (TPSA) is 35.5 Å². The number of hydrogen-bond acceptors (Lipinski definition) is 4. The number of esters is 1. The molecule has 5 heteroatoms. The van der Waals surface area contributed by atoms with Crippen LogP contribution in [-0.4, -0.2) is 18.7 Å². The number of hydrogen-bond donors (Lipinski definition) is 0. The summed E-state index contributed by atoms with van der Waals surface area (Å²) < 4.78 is 23.5. The Bertz CT molecular complexity index is 539. The van der Waals surface area contributed by atoms with Crippen molar-refractivity contribution >= 4 is 17.3 Å². The van der Waals surface area contributed by atoms with Gasteiger partial charge in [0.05, 0.1) is 5.56 Å². The lowest BCUT2D eigenvalue weighted by Crippen LogP contribution is -2.21. The molecule has 2 aromatic rings. The maximum atomic E-state index is 12.9. The maximum absolute atomic E-state index is 12.9. The highest BCUT2D eigenvalue weighted by atomic mass is 32.1. The highest BCUT2D eigenvalue weighted by Crippen LogP contribution is 2.13. The second-order valence-electron chi connectivity index (χ2n) is 4.00. The molecule has 0 aliphatic heterocycles. The Hall–Kier alpha value is -1.88. The number of benzene rings is 1. The number of rotatable bonds is 5. The van der Waals surface area contributed by atoms with E-state index in [1.807, 2.05) is 5.38 Å². The van der Waals surface area contributed by atoms with E-state index in [2.05, 4.69) is 0 Å². The average Bonchev–Trinajstić information content (AvgIpc) is 2.90. The van der Waals surface area contributed by atoms with Crippen LogP contribution in [0.4, 0.5) is 4.39 Å². The Morgan fingerprint density at radius 2 is 2.26 bits per heavy atom. The van der Waals surface area contributed by atoms with Gasteiger partial charge in [0.25, 0.3) is 0 Å². The fourth-order valence-electron chi connectivity index (χ4n) is 1.44. The van der Waals surface area contributed by atoms with E-state index in [9.17, 15) is 9.18 Å². The molecule has 0 saturated carbocycles. The van der Waals surface area contributed by atoms with Gasteiger partial charge in [-0.3, -0.25) is 0 Å². The van der Waals surface area contributed by atoms with E-state index in [1.165, 1.54) is 23.5 Å². The minimum atomic E-state index is -0.407. The van der Waals surface area contributed by atoms with Crippen LogP contribution >= 0.6 is 11.3 Å². The van der Waals surface area contributed by atoms with E-state index in [1.54, 1.807) is 30.5 Å². The highest BCUT2D eigenvalue weighted by molar-refractivity contribution is 7.08. The summed E-state index contributed by atoms with van der Waals surface area (Å²) in [7, 11) is 0. The summed E-state index contributed by atoms with van der Waals surface area (Å²) in [6.07, 6.45) is -0.407. The predicted molar refractivity (Wildman–Crippen MR) is 71.1 cm³/mol. The van der Waals surface area contributed by atoms with Gasteiger partial charge in [-0.2, -0.15) is 11.3 Å². The van der Waals surface area contributed by atoms with Crippen molar-refractivity contribution in [1.29, 1.82) is 0 Å². The number of carbonyl (C=O) groups is 1. The maximum Gasteiger partial charge on any atom is 0.339 e. The molecule has 100 valence electrons. The molecule has 0 amide bonds. The van der Waals surface area contributed by atoms with Gasteiger partial charge in [0.1, 0.15) is 24.3 Å². The van der Waals surface area contributed by atoms with Crippen LogP contribution in [0, 0.1) is 5.82 Å². The van der Waals surface area contributed by atoms with Crippen LogP contribution < -0.4 is 4.74 Å². The molecule has 2 rings (SSSR count). The van der Waals surface area contributed by atoms with Crippen molar-refractivity contribution in [2.45, 2.75) is 13.0 Å². The van der Waals surface area contributed by atoms with E-state index in [-0.39, 0.29) is 18.4 Å². The Labute approximate surface area is 114 Å². The summed E-state index contributed by atoms with van der Waals surface area (Å²) in [5.41, 5.74) is 0.530. The van der Waals surface area contributed by atoms with Gasteiger partial charge in [-0.1, -0.05) is 6.07 Å². The minimum absolute atomic E-state index is 0.180. The number of thiophene rings is 1. The van der Waals surface area contributed by atoms with Crippen molar-refractivity contribution in [2.24, 2.45) is 0 Å². The highest BCUT2D eigenvalue weighted by Gasteiger charge is 2.12. The van der Waals surface area contributed by atoms with E-state index < -0.39 is 6.10 Å². The first-order valence-corrected chi connectivity index (χ1v) is 6.71. The molecule has 1 aromatic carbocycles. The van der Waals surface area contributed by atoms with Gasteiger partial charge in [-0.05, 0) is 30.5 Å². The Morgan fingerprint density at radius 1 is 1.42 bits per heavy atom. The third-order valence-corrected chi connectivity index (χ3v) is 3.03. The second-order valence-corrected chi connectivity index (χ2v) is 4.78. The molecule has 0 aliphatic carbocycles. The van der Waals surface area contributed by atoms with Gasteiger partial charge < -0.3 is 9.47 Å². The summed E-state index contributed by atoms with van der Waals surface area (Å²) in [6, 6.07) is 7.54. The molecule has 0 saturated heterocycles. The van der Waals surface area contributed by atoms with Gasteiger partial charge in [-0.15, -0.1) is 0 Å². The first-order valence-electron chi connectivity index (χ1n) is 5.76. The van der Waals surface area contributed by atoms with E-state index in [0.29, 0.717) is 11.3 Å². The molecule has 1 heterocycles. The third-order valence-electron chi connectivity index (χ3n) is 2.35. The lowest BCUT2D eigenvalue weighted by atomic mass is 10.3. The van der Waals surface area contributed by atoms with E-state index in [4.69, 9.17) is 9.47 Å². The van der Waals surface area contributed by atoms with Crippen LogP contribution in [0.1, 0.15) is 17.3 Å². The molecule has 3 nitrogen and oxygen atoms in total. The second kappa shape index (κ2) is 6.33. The molecular weight excluding hydrogens is 267 g/mol. The molecule has 0 radical (unpaired) electrons. The molecular formula is C14H13FO3S. The number of carbonyl (C=O) groups excluding carboxylic acids is 1. The number of ether oxygens (including phenoxy) is 2. The lowest BCUT2D eigenvalue weighted by Gasteiger charge is -2.14. The molecule has 1 atom stereocenters. The van der Waals surface area contributed by atoms with E-state index in [0.717, 1.165) is 0 Å². The van der Waals surface area contributed by atoms with Crippen LogP contribution in [0.25, 0.3) is 0 Å². The van der Waals surface area contributed by atoms with Crippen LogP contribution in [0.2, 0.25) is 0 Å². The van der Waals surface area contributed by atoms with E-state index >= 15 is 0 Å². The zero-order valence-electron chi connectivity index (χ0n) is 10.3. The largest absolute Gasteiger partial charge is 0.490 e. The molecule has 0 fully saturated rings. The van der Waals surface area contributed by atoms with Crippen LogP contribution in [0.3, 0.4) is 0 Å². The Morgan fingerprint density at radius 3 is 2.95 bits per heavy atom. The fraction of sp³-hybridized carbons (Fsp3) is 0.214. The van der Waals surface area contributed by atoms with Gasteiger partial charge in [0.2, 0.25) is 0 Å². The van der Waals surface area contributed by atoms with Gasteiger partial charge in [0, 0.05) is 11.4 Å². The zero-order chi connectivity index (χ0) is 13.7. The van der Waals surface area contributed by atoms with Crippen molar-refractivity contribution in [3.8, 4) is 5.75 Å². The monoisotopic (exact) mass is 280 g/mol. The zero-order valence-corrected chi connectivity index (χ0v) is 11.2. The average molecular weight is 280 g/mol. The minimum Gasteiger partial charge on any atom is -0.490 e. The first-order chi connectivity index (χ1) is 9.15. The van der Waals surface area contributed by atoms with Gasteiger partial charge >= 0.3 is 5.97 Å². The molecule has 0 bridgehead atoms. The summed E-state index contributed by atoms with van der Waals surface area (Å²) in [6.45, 7) is 1.91. The Kier molecular flexibility index (Phi) is 4.52. The molecule has 0 N–H and O–H groups in total. The van der Waals surface area contributed by atoms with Crippen LogP contribution in [0.15, 0.2) is 41.1 Å². The first kappa shape index (κ1) is 13.5. The van der Waals surface area contributed by atoms with Crippen LogP contribution in [-0.2, 0) is 4.74 Å². The van der Waals surface area contributed by atoms with Crippen molar-refractivity contribution in [2.75, 3.05) is 6.61 Å². The molecule has 1 unspecified atom stereocenters. The quantitative estimate of drug-likeness (QED) is 0.786. The molecule has 19 heavy (non-hydrogen) atoms.